The van der Waals surface area contributed by atoms with Crippen LogP contribution in [0.1, 0.15) is 23.6 Å². The number of benzene rings is 2. The topological polar surface area (TPSA) is 88.8 Å². The highest BCUT2D eigenvalue weighted by Crippen LogP contribution is 2.25. The molecule has 0 bridgehead atoms. The third-order valence-corrected chi connectivity index (χ3v) is 4.34. The van der Waals surface area contributed by atoms with Gasteiger partial charge in [-0.05, 0) is 36.6 Å². The Labute approximate surface area is 156 Å². The number of nitrogens with one attached hydrogen (secondary N) is 1. The van der Waals surface area contributed by atoms with Crippen LogP contribution in [0.25, 0.3) is 11.0 Å². The number of fused-ring (bicyclic) bond motifs is 1. The lowest BCUT2D eigenvalue weighted by atomic mass is 10.1. The van der Waals surface area contributed by atoms with Gasteiger partial charge in [-0.2, -0.15) is 0 Å². The minimum atomic E-state index is -0.526. The number of aryl methyl sites for hydroxylation is 2. The minimum Gasteiger partial charge on any atom is -0.508 e. The molecule has 0 aliphatic rings. The summed E-state index contributed by atoms with van der Waals surface area (Å²) in [5.41, 5.74) is 3.89. The molecule has 0 spiro atoms. The summed E-state index contributed by atoms with van der Waals surface area (Å²) in [6, 6.07) is 10.5. The van der Waals surface area contributed by atoms with Crippen LogP contribution in [0.3, 0.4) is 0 Å². The Morgan fingerprint density at radius 2 is 2.00 bits per heavy atom. The van der Waals surface area contributed by atoms with Crippen LogP contribution < -0.4 is 5.32 Å². The van der Waals surface area contributed by atoms with E-state index in [0.29, 0.717) is 11.1 Å². The first kappa shape index (κ1) is 18.5. The Morgan fingerprint density at radius 1 is 1.19 bits per heavy atom. The molecule has 3 aromatic rings. The van der Waals surface area contributed by atoms with E-state index < -0.39 is 5.97 Å². The van der Waals surface area contributed by atoms with Crippen molar-refractivity contribution in [3.8, 4) is 5.75 Å². The molecule has 6 heteroatoms. The van der Waals surface area contributed by atoms with E-state index in [1.165, 1.54) is 18.4 Å². The van der Waals surface area contributed by atoms with Crippen LogP contribution in [-0.2, 0) is 27.2 Å². The van der Waals surface area contributed by atoms with Crippen LogP contribution in [-0.4, -0.2) is 23.6 Å². The van der Waals surface area contributed by atoms with Gasteiger partial charge in [-0.15, -0.1) is 0 Å². The lowest BCUT2D eigenvalue weighted by molar-refractivity contribution is -0.146. The van der Waals surface area contributed by atoms with Crippen molar-refractivity contribution in [2.75, 3.05) is 11.9 Å². The van der Waals surface area contributed by atoms with E-state index in [4.69, 9.17) is 9.15 Å². The van der Waals surface area contributed by atoms with E-state index in [1.807, 2.05) is 32.0 Å². The highest BCUT2D eigenvalue weighted by molar-refractivity contribution is 5.94. The van der Waals surface area contributed by atoms with Gasteiger partial charge in [-0.25, -0.2) is 0 Å². The number of anilines is 1. The van der Waals surface area contributed by atoms with E-state index in [2.05, 4.69) is 5.32 Å². The number of para-hydroxylation sites is 1. The predicted molar refractivity (Wildman–Crippen MR) is 102 cm³/mol. The Hall–Kier alpha value is -3.28. The second kappa shape index (κ2) is 7.95. The second-order valence-corrected chi connectivity index (χ2v) is 6.29. The molecule has 6 nitrogen and oxygen atoms in total. The Morgan fingerprint density at radius 3 is 2.78 bits per heavy atom. The maximum absolute atomic E-state index is 12.2. The molecule has 0 unspecified atom stereocenters. The van der Waals surface area contributed by atoms with Gasteiger partial charge in [0.2, 0.25) is 0 Å². The summed E-state index contributed by atoms with van der Waals surface area (Å²) in [6.45, 7) is 3.58. The standard InChI is InChI=1S/C21H21NO5/c1-3-14-6-4-5-13(2)21(14)22-19(24)12-27-20(25)9-15-11-26-18-10-16(23)7-8-17(15)18/h4-8,10-11,23H,3,9,12H2,1-2H3,(H,22,24). The average molecular weight is 367 g/mol. The first-order valence-electron chi connectivity index (χ1n) is 8.71. The molecular weight excluding hydrogens is 346 g/mol. The third-order valence-electron chi connectivity index (χ3n) is 4.34. The van der Waals surface area contributed by atoms with Crippen LogP contribution in [0.15, 0.2) is 47.1 Å². The SMILES string of the molecule is CCc1cccc(C)c1NC(=O)COC(=O)Cc1coc2cc(O)ccc12. The van der Waals surface area contributed by atoms with E-state index >= 15 is 0 Å². The zero-order chi connectivity index (χ0) is 19.4. The van der Waals surface area contributed by atoms with Crippen molar-refractivity contribution in [2.24, 2.45) is 0 Å². The number of hydrogen-bond acceptors (Lipinski definition) is 5. The molecule has 3 rings (SSSR count). The zero-order valence-corrected chi connectivity index (χ0v) is 15.2. The third kappa shape index (κ3) is 4.28. The van der Waals surface area contributed by atoms with Crippen LogP contribution >= 0.6 is 0 Å². The highest BCUT2D eigenvalue weighted by atomic mass is 16.5. The number of ether oxygens (including phenoxy) is 1. The van der Waals surface area contributed by atoms with Gasteiger partial charge < -0.3 is 19.6 Å². The van der Waals surface area contributed by atoms with Crippen molar-refractivity contribution in [3.63, 3.8) is 0 Å². The highest BCUT2D eigenvalue weighted by Gasteiger charge is 2.14. The van der Waals surface area contributed by atoms with E-state index in [-0.39, 0.29) is 24.7 Å². The normalized spacial score (nSPS) is 10.7. The largest absolute Gasteiger partial charge is 0.508 e. The van der Waals surface area contributed by atoms with E-state index in [1.54, 1.807) is 6.07 Å². The summed E-state index contributed by atoms with van der Waals surface area (Å²) in [5.74, 6) is -0.818. The van der Waals surface area contributed by atoms with Crippen LogP contribution in [0.4, 0.5) is 5.69 Å². The van der Waals surface area contributed by atoms with Crippen LogP contribution in [0.5, 0.6) is 5.75 Å². The lowest BCUT2D eigenvalue weighted by Gasteiger charge is -2.13. The molecule has 1 aromatic heterocycles. The number of amides is 1. The fourth-order valence-corrected chi connectivity index (χ4v) is 2.94. The number of furan rings is 1. The van der Waals surface area contributed by atoms with Gasteiger partial charge in [0.05, 0.1) is 12.7 Å². The number of phenolic OH excluding ortho intramolecular Hbond substituents is 1. The summed E-state index contributed by atoms with van der Waals surface area (Å²) in [7, 11) is 0. The van der Waals surface area contributed by atoms with Gasteiger partial charge in [-0.1, -0.05) is 25.1 Å². The number of carbonyl (C=O) groups is 2. The number of aromatic hydroxyl groups is 1. The van der Waals surface area contributed by atoms with Crippen molar-refractivity contribution < 1.29 is 23.8 Å². The van der Waals surface area contributed by atoms with Gasteiger partial charge in [0.25, 0.3) is 5.91 Å². The fourth-order valence-electron chi connectivity index (χ4n) is 2.94. The van der Waals surface area contributed by atoms with Gasteiger partial charge in [0.1, 0.15) is 11.3 Å². The molecule has 0 saturated carbocycles. The first-order chi connectivity index (χ1) is 13.0. The summed E-state index contributed by atoms with van der Waals surface area (Å²) in [6.07, 6.45) is 2.22. The molecule has 0 atom stereocenters. The van der Waals surface area contributed by atoms with Gasteiger partial charge >= 0.3 is 5.97 Å². The predicted octanol–water partition coefficient (Wildman–Crippen LogP) is 3.73. The molecule has 0 aliphatic heterocycles. The van der Waals surface area contributed by atoms with Gasteiger partial charge in [0, 0.05) is 22.7 Å². The maximum Gasteiger partial charge on any atom is 0.310 e. The quantitative estimate of drug-likeness (QED) is 0.648. The minimum absolute atomic E-state index is 0.0182. The fraction of sp³-hybridized carbons (Fsp3) is 0.238. The molecule has 1 amide bonds. The Kier molecular flexibility index (Phi) is 5.45. The smallest absolute Gasteiger partial charge is 0.310 e. The molecule has 2 aromatic carbocycles. The summed E-state index contributed by atoms with van der Waals surface area (Å²) in [4.78, 5) is 24.2. The molecule has 2 N–H and O–H groups in total. The van der Waals surface area contributed by atoms with Gasteiger partial charge in [-0.3, -0.25) is 9.59 Å². The number of esters is 1. The molecule has 27 heavy (non-hydrogen) atoms. The molecular formula is C21H21NO5. The van der Waals surface area contributed by atoms with Crippen LogP contribution in [0, 0.1) is 6.92 Å². The number of rotatable bonds is 6. The molecule has 1 heterocycles. The monoisotopic (exact) mass is 367 g/mol. The second-order valence-electron chi connectivity index (χ2n) is 6.29. The average Bonchev–Trinajstić information content (AvgIpc) is 3.03. The summed E-state index contributed by atoms with van der Waals surface area (Å²) in [5, 5.41) is 13.0. The van der Waals surface area contributed by atoms with Gasteiger partial charge in [0.15, 0.2) is 6.61 Å². The van der Waals surface area contributed by atoms with Crippen LogP contribution in [0.2, 0.25) is 0 Å². The Balaban J connectivity index is 1.58. The van der Waals surface area contributed by atoms with Crippen molar-refractivity contribution in [3.05, 3.63) is 59.4 Å². The van der Waals surface area contributed by atoms with Crippen molar-refractivity contribution in [1.29, 1.82) is 0 Å². The molecule has 0 saturated heterocycles. The number of hydrogen-bond donors (Lipinski definition) is 2. The molecule has 140 valence electrons. The van der Waals surface area contributed by atoms with Crippen molar-refractivity contribution >= 4 is 28.5 Å². The van der Waals surface area contributed by atoms with E-state index in [9.17, 15) is 14.7 Å². The van der Waals surface area contributed by atoms with Crippen molar-refractivity contribution in [2.45, 2.75) is 26.7 Å². The molecule has 0 fully saturated rings. The number of carbonyl (C=O) groups excluding carboxylic acids is 2. The van der Waals surface area contributed by atoms with E-state index in [0.717, 1.165) is 28.6 Å². The summed E-state index contributed by atoms with van der Waals surface area (Å²) < 4.78 is 10.4. The maximum atomic E-state index is 12.2. The Bertz CT molecular complexity index is 989. The number of phenols is 1. The lowest BCUT2D eigenvalue weighted by Crippen LogP contribution is -2.22. The molecule has 0 radical (unpaired) electrons. The van der Waals surface area contributed by atoms with Crippen molar-refractivity contribution in [1.82, 2.24) is 0 Å². The zero-order valence-electron chi connectivity index (χ0n) is 15.2. The summed E-state index contributed by atoms with van der Waals surface area (Å²) >= 11 is 0. The first-order valence-corrected chi connectivity index (χ1v) is 8.71. The molecule has 0 aliphatic carbocycles.